The summed E-state index contributed by atoms with van der Waals surface area (Å²) in [7, 11) is 0. The maximum Gasteiger partial charge on any atom is 0.121 e. The van der Waals surface area contributed by atoms with Crippen LogP contribution in [0.15, 0.2) is 24.3 Å². The molecule has 19 heavy (non-hydrogen) atoms. The first-order valence-corrected chi connectivity index (χ1v) is 7.17. The van der Waals surface area contributed by atoms with Crippen LogP contribution in [0.2, 0.25) is 0 Å². The van der Waals surface area contributed by atoms with Crippen molar-refractivity contribution >= 4 is 5.69 Å². The van der Waals surface area contributed by atoms with E-state index in [2.05, 4.69) is 47.5 Å². The van der Waals surface area contributed by atoms with E-state index < -0.39 is 5.54 Å². The highest BCUT2D eigenvalue weighted by Gasteiger charge is 2.28. The van der Waals surface area contributed by atoms with Gasteiger partial charge in [-0.3, -0.25) is 5.32 Å². The Morgan fingerprint density at radius 3 is 2.95 bits per heavy atom. The quantitative estimate of drug-likeness (QED) is 0.881. The highest BCUT2D eigenvalue weighted by molar-refractivity contribution is 5.56. The molecule has 2 rings (SSSR count). The number of fused-ring (bicyclic) bond motifs is 1. The normalized spacial score (nSPS) is 17.4. The van der Waals surface area contributed by atoms with E-state index in [0.29, 0.717) is 0 Å². The molecule has 0 saturated carbocycles. The summed E-state index contributed by atoms with van der Waals surface area (Å²) < 4.78 is 0. The van der Waals surface area contributed by atoms with Gasteiger partial charge in [-0.1, -0.05) is 25.1 Å². The molecule has 1 atom stereocenters. The number of benzene rings is 1. The van der Waals surface area contributed by atoms with Crippen LogP contribution >= 0.6 is 0 Å². The standard InChI is InChI=1S/C16H23N3/c1-3-10-18-16(2,12-17)13-19-11-6-8-14-7-4-5-9-15(14)19/h4-5,7,9,18H,3,6,8,10-11,13H2,1-2H3. The summed E-state index contributed by atoms with van der Waals surface area (Å²) in [5.41, 5.74) is 2.23. The predicted octanol–water partition coefficient (Wildman–Crippen LogP) is 2.72. The van der Waals surface area contributed by atoms with Gasteiger partial charge in [0.2, 0.25) is 0 Å². The molecule has 1 aromatic rings. The van der Waals surface area contributed by atoms with Crippen LogP contribution in [0.3, 0.4) is 0 Å². The second-order valence-corrected chi connectivity index (χ2v) is 5.52. The smallest absolute Gasteiger partial charge is 0.121 e. The molecule has 0 aromatic heterocycles. The molecule has 1 aliphatic heterocycles. The molecule has 1 N–H and O–H groups in total. The molecule has 102 valence electrons. The van der Waals surface area contributed by atoms with Gasteiger partial charge in [0.25, 0.3) is 0 Å². The minimum absolute atomic E-state index is 0.472. The van der Waals surface area contributed by atoms with E-state index in [1.54, 1.807) is 0 Å². The highest BCUT2D eigenvalue weighted by Crippen LogP contribution is 2.27. The SMILES string of the molecule is CCCNC(C)(C#N)CN1CCCc2ccccc21. The lowest BCUT2D eigenvalue weighted by atomic mass is 9.97. The first kappa shape index (κ1) is 13.9. The van der Waals surface area contributed by atoms with Crippen LogP contribution in [0, 0.1) is 11.3 Å². The van der Waals surface area contributed by atoms with Crippen LogP contribution in [0.4, 0.5) is 5.69 Å². The molecule has 1 unspecified atom stereocenters. The summed E-state index contributed by atoms with van der Waals surface area (Å²) in [6.45, 7) is 6.81. The zero-order valence-corrected chi connectivity index (χ0v) is 11.9. The van der Waals surface area contributed by atoms with E-state index in [1.165, 1.54) is 17.7 Å². The molecule has 0 spiro atoms. The Balaban J connectivity index is 2.13. The number of anilines is 1. The Kier molecular flexibility index (Phi) is 4.44. The molecule has 3 heteroatoms. The molecule has 0 saturated heterocycles. The van der Waals surface area contributed by atoms with Crippen molar-refractivity contribution in [3.63, 3.8) is 0 Å². The third kappa shape index (κ3) is 3.27. The molecule has 1 aliphatic rings. The van der Waals surface area contributed by atoms with Crippen molar-refractivity contribution in [3.8, 4) is 6.07 Å². The van der Waals surface area contributed by atoms with Gasteiger partial charge < -0.3 is 4.90 Å². The fourth-order valence-corrected chi connectivity index (χ4v) is 2.69. The number of nitrogens with one attached hydrogen (secondary N) is 1. The van der Waals surface area contributed by atoms with Crippen molar-refractivity contribution in [1.29, 1.82) is 5.26 Å². The number of para-hydroxylation sites is 1. The number of aryl methyl sites for hydroxylation is 1. The molecule has 0 bridgehead atoms. The summed E-state index contributed by atoms with van der Waals surface area (Å²) >= 11 is 0. The van der Waals surface area contributed by atoms with Crippen LogP contribution in [0.5, 0.6) is 0 Å². The number of nitrogens with zero attached hydrogens (tertiary/aromatic N) is 2. The Labute approximate surface area is 116 Å². The van der Waals surface area contributed by atoms with Gasteiger partial charge in [0.1, 0.15) is 5.54 Å². The molecule has 1 heterocycles. The van der Waals surface area contributed by atoms with Crippen LogP contribution in [0.1, 0.15) is 32.3 Å². The zero-order valence-electron chi connectivity index (χ0n) is 11.9. The molecule has 0 aliphatic carbocycles. The lowest BCUT2D eigenvalue weighted by Gasteiger charge is -2.36. The van der Waals surface area contributed by atoms with E-state index in [1.807, 2.05) is 6.92 Å². The van der Waals surface area contributed by atoms with E-state index in [4.69, 9.17) is 0 Å². The van der Waals surface area contributed by atoms with Gasteiger partial charge in [0.15, 0.2) is 0 Å². The van der Waals surface area contributed by atoms with E-state index in [0.717, 1.165) is 32.5 Å². The predicted molar refractivity (Wildman–Crippen MR) is 79.3 cm³/mol. The first-order chi connectivity index (χ1) is 9.18. The monoisotopic (exact) mass is 257 g/mol. The Bertz CT molecular complexity index is 463. The molecule has 0 radical (unpaired) electrons. The molecule has 3 nitrogen and oxygen atoms in total. The minimum Gasteiger partial charge on any atom is -0.368 e. The summed E-state index contributed by atoms with van der Waals surface area (Å²) in [5, 5.41) is 12.8. The topological polar surface area (TPSA) is 39.1 Å². The van der Waals surface area contributed by atoms with Crippen molar-refractivity contribution in [2.24, 2.45) is 0 Å². The van der Waals surface area contributed by atoms with Crippen LogP contribution in [-0.4, -0.2) is 25.2 Å². The number of rotatable bonds is 5. The lowest BCUT2D eigenvalue weighted by molar-refractivity contribution is 0.437. The van der Waals surface area contributed by atoms with Crippen molar-refractivity contribution in [1.82, 2.24) is 5.32 Å². The van der Waals surface area contributed by atoms with Crippen molar-refractivity contribution in [3.05, 3.63) is 29.8 Å². The average Bonchev–Trinajstić information content (AvgIpc) is 2.46. The average molecular weight is 257 g/mol. The Morgan fingerprint density at radius 2 is 2.21 bits per heavy atom. The number of nitriles is 1. The summed E-state index contributed by atoms with van der Waals surface area (Å²) in [6.07, 6.45) is 3.37. The largest absolute Gasteiger partial charge is 0.368 e. The fourth-order valence-electron chi connectivity index (χ4n) is 2.69. The highest BCUT2D eigenvalue weighted by atomic mass is 15.2. The maximum absolute atomic E-state index is 9.45. The van der Waals surface area contributed by atoms with Gasteiger partial charge in [-0.25, -0.2) is 0 Å². The maximum atomic E-state index is 9.45. The Morgan fingerprint density at radius 1 is 1.42 bits per heavy atom. The minimum atomic E-state index is -0.472. The second kappa shape index (κ2) is 6.08. The number of hydrogen-bond donors (Lipinski definition) is 1. The van der Waals surface area contributed by atoms with Crippen molar-refractivity contribution in [2.45, 2.75) is 38.6 Å². The molecular weight excluding hydrogens is 234 g/mol. The van der Waals surface area contributed by atoms with Gasteiger partial charge in [-0.05, 0) is 44.4 Å². The zero-order chi connectivity index (χ0) is 13.7. The van der Waals surface area contributed by atoms with Crippen LogP contribution < -0.4 is 10.2 Å². The molecule has 1 aromatic carbocycles. The van der Waals surface area contributed by atoms with E-state index >= 15 is 0 Å². The van der Waals surface area contributed by atoms with Crippen LogP contribution in [0.25, 0.3) is 0 Å². The van der Waals surface area contributed by atoms with Gasteiger partial charge >= 0.3 is 0 Å². The second-order valence-electron chi connectivity index (χ2n) is 5.52. The number of hydrogen-bond acceptors (Lipinski definition) is 3. The molecule has 0 amide bonds. The van der Waals surface area contributed by atoms with Gasteiger partial charge in [0.05, 0.1) is 6.07 Å². The van der Waals surface area contributed by atoms with Gasteiger partial charge in [0, 0.05) is 18.8 Å². The van der Waals surface area contributed by atoms with Crippen LogP contribution in [-0.2, 0) is 6.42 Å². The lowest BCUT2D eigenvalue weighted by Crippen LogP contribution is -2.51. The fraction of sp³-hybridized carbons (Fsp3) is 0.562. The van der Waals surface area contributed by atoms with Crippen molar-refractivity contribution < 1.29 is 0 Å². The summed E-state index contributed by atoms with van der Waals surface area (Å²) in [5.74, 6) is 0. The third-order valence-corrected chi connectivity index (χ3v) is 3.73. The molecular formula is C16H23N3. The molecule has 0 fully saturated rings. The summed E-state index contributed by atoms with van der Waals surface area (Å²) in [4.78, 5) is 2.35. The third-order valence-electron chi connectivity index (χ3n) is 3.73. The van der Waals surface area contributed by atoms with Gasteiger partial charge in [-0.15, -0.1) is 0 Å². The first-order valence-electron chi connectivity index (χ1n) is 7.17. The van der Waals surface area contributed by atoms with E-state index in [9.17, 15) is 5.26 Å². The summed E-state index contributed by atoms with van der Waals surface area (Å²) in [6, 6.07) is 11.0. The Hall–Kier alpha value is -1.53. The van der Waals surface area contributed by atoms with E-state index in [-0.39, 0.29) is 0 Å². The van der Waals surface area contributed by atoms with Crippen molar-refractivity contribution in [2.75, 3.05) is 24.5 Å². The van der Waals surface area contributed by atoms with Gasteiger partial charge in [-0.2, -0.15) is 5.26 Å².